The topological polar surface area (TPSA) is 135 Å². The average Bonchev–Trinajstić information content (AvgIpc) is 3.55. The number of benzene rings is 2. The van der Waals surface area contributed by atoms with Crippen molar-refractivity contribution in [1.29, 1.82) is 0 Å². The van der Waals surface area contributed by atoms with Gasteiger partial charge in [-0.15, -0.1) is 0 Å². The molecular formula is C30H37N7O4. The number of ether oxygens (including phenoxy) is 1. The van der Waals surface area contributed by atoms with E-state index in [0.717, 1.165) is 16.9 Å². The maximum Gasteiger partial charge on any atom is 0.247 e. The van der Waals surface area contributed by atoms with E-state index in [1.54, 1.807) is 24.5 Å². The first kappa shape index (κ1) is 28.2. The van der Waals surface area contributed by atoms with Crippen LogP contribution in [0.3, 0.4) is 0 Å². The number of nitrogens with two attached hydrogens (primary N) is 1. The lowest BCUT2D eigenvalue weighted by molar-refractivity contribution is -0.139. The molecule has 11 heteroatoms. The molecule has 2 atom stereocenters. The minimum atomic E-state index is -0.845. The number of imidazole rings is 1. The highest BCUT2D eigenvalue weighted by molar-refractivity contribution is 5.94. The van der Waals surface area contributed by atoms with Gasteiger partial charge in [0, 0.05) is 50.6 Å². The number of nitrogens with one attached hydrogen (secondary N) is 2. The number of nitrogens with zero attached hydrogens (tertiary/aromatic N) is 4. The van der Waals surface area contributed by atoms with Crippen molar-refractivity contribution in [2.45, 2.75) is 43.3 Å². The molecule has 2 aliphatic rings. The largest absolute Gasteiger partial charge is 0.497 e. The van der Waals surface area contributed by atoms with Gasteiger partial charge in [-0.2, -0.15) is 0 Å². The minimum Gasteiger partial charge on any atom is -0.497 e. The molecule has 2 fully saturated rings. The van der Waals surface area contributed by atoms with Crippen molar-refractivity contribution < 1.29 is 19.1 Å². The minimum absolute atomic E-state index is 0.0160. The number of carbonyl (C=O) groups is 3. The van der Waals surface area contributed by atoms with Crippen molar-refractivity contribution in [3.8, 4) is 5.75 Å². The Hall–Kier alpha value is -4.38. The predicted molar refractivity (Wildman–Crippen MR) is 154 cm³/mol. The van der Waals surface area contributed by atoms with Gasteiger partial charge in [0.2, 0.25) is 17.7 Å². The van der Waals surface area contributed by atoms with E-state index in [4.69, 9.17) is 10.5 Å². The summed E-state index contributed by atoms with van der Waals surface area (Å²) in [6, 6.07) is 15.6. The van der Waals surface area contributed by atoms with Gasteiger partial charge in [0.05, 0.1) is 26.1 Å². The molecule has 3 amide bonds. The summed E-state index contributed by atoms with van der Waals surface area (Å²) in [6.45, 7) is 1.22. The number of anilines is 1. The SMILES string of the molecule is COc1ccc(C[C@@H](NC(=O)[C@@H](N)Cc2cncn2C)C(=O)N2CCC3(CC2)C(=O)NCN3c2ccccc2)cc1. The summed E-state index contributed by atoms with van der Waals surface area (Å²) in [6.07, 6.45) is 4.90. The zero-order chi connectivity index (χ0) is 29.0. The summed E-state index contributed by atoms with van der Waals surface area (Å²) in [4.78, 5) is 48.1. The van der Waals surface area contributed by atoms with Gasteiger partial charge in [-0.3, -0.25) is 14.4 Å². The molecule has 216 valence electrons. The van der Waals surface area contributed by atoms with Gasteiger partial charge < -0.3 is 35.5 Å². The lowest BCUT2D eigenvalue weighted by Gasteiger charge is -2.44. The Morgan fingerprint density at radius 3 is 2.44 bits per heavy atom. The molecular weight excluding hydrogens is 522 g/mol. The van der Waals surface area contributed by atoms with E-state index in [0.29, 0.717) is 51.2 Å². The van der Waals surface area contributed by atoms with E-state index in [1.165, 1.54) is 0 Å². The molecule has 0 aliphatic carbocycles. The summed E-state index contributed by atoms with van der Waals surface area (Å²) >= 11 is 0. The summed E-state index contributed by atoms with van der Waals surface area (Å²) < 4.78 is 7.08. The number of carbonyl (C=O) groups excluding carboxylic acids is 3. The Balaban J connectivity index is 1.30. The van der Waals surface area contributed by atoms with E-state index in [-0.39, 0.29) is 11.8 Å². The van der Waals surface area contributed by atoms with E-state index < -0.39 is 23.5 Å². The highest BCUT2D eigenvalue weighted by Crippen LogP contribution is 2.36. The summed E-state index contributed by atoms with van der Waals surface area (Å²) in [7, 11) is 3.44. The Labute approximate surface area is 239 Å². The third-order valence-electron chi connectivity index (χ3n) is 8.20. The highest BCUT2D eigenvalue weighted by Gasteiger charge is 2.51. The van der Waals surface area contributed by atoms with Crippen molar-refractivity contribution in [3.63, 3.8) is 0 Å². The van der Waals surface area contributed by atoms with Crippen molar-refractivity contribution in [3.05, 3.63) is 78.4 Å². The van der Waals surface area contributed by atoms with Crippen LogP contribution in [0.15, 0.2) is 67.1 Å². The second-order valence-corrected chi connectivity index (χ2v) is 10.7. The standard InChI is InChI=1S/C30H37N7O4/c1-35-19-32-18-23(35)17-25(31)27(38)34-26(16-21-8-10-24(41-2)11-9-21)28(39)36-14-12-30(13-15-36)29(40)33-20-37(30)22-6-4-3-5-7-22/h3-11,18-19,25-26H,12-17,20,31H2,1-2H3,(H,33,40)(H,34,38)/t25-,26+/m0/s1. The maximum atomic E-state index is 13.9. The van der Waals surface area contributed by atoms with Crippen LogP contribution in [0.1, 0.15) is 24.1 Å². The fourth-order valence-electron chi connectivity index (χ4n) is 5.73. The van der Waals surface area contributed by atoms with Gasteiger partial charge >= 0.3 is 0 Å². The van der Waals surface area contributed by atoms with Crippen LogP contribution in [0.25, 0.3) is 0 Å². The average molecular weight is 560 g/mol. The molecule has 1 aromatic heterocycles. The number of piperidine rings is 1. The summed E-state index contributed by atoms with van der Waals surface area (Å²) in [5.74, 6) is 0.0917. The van der Waals surface area contributed by atoms with Crippen LogP contribution in [0.4, 0.5) is 5.69 Å². The zero-order valence-corrected chi connectivity index (χ0v) is 23.5. The van der Waals surface area contributed by atoms with Gasteiger partial charge in [-0.05, 0) is 42.7 Å². The van der Waals surface area contributed by atoms with Crippen LogP contribution in [-0.2, 0) is 34.3 Å². The van der Waals surface area contributed by atoms with Crippen LogP contribution in [-0.4, -0.2) is 76.7 Å². The summed E-state index contributed by atoms with van der Waals surface area (Å²) in [5.41, 5.74) is 8.22. The number of amides is 3. The van der Waals surface area contributed by atoms with Gasteiger partial charge in [0.1, 0.15) is 17.3 Å². The van der Waals surface area contributed by atoms with Crippen molar-refractivity contribution in [2.75, 3.05) is 31.8 Å². The molecule has 1 spiro atoms. The Kier molecular flexibility index (Phi) is 8.25. The molecule has 0 radical (unpaired) electrons. The van der Waals surface area contributed by atoms with Gasteiger partial charge in [0.25, 0.3) is 0 Å². The molecule has 0 bridgehead atoms. The van der Waals surface area contributed by atoms with Crippen LogP contribution in [0.5, 0.6) is 5.75 Å². The predicted octanol–water partition coefficient (Wildman–Crippen LogP) is 0.981. The third-order valence-corrected chi connectivity index (χ3v) is 8.20. The van der Waals surface area contributed by atoms with Crippen molar-refractivity contribution >= 4 is 23.4 Å². The van der Waals surface area contributed by atoms with E-state index in [1.807, 2.05) is 66.2 Å². The van der Waals surface area contributed by atoms with Crippen LogP contribution < -0.4 is 26.0 Å². The van der Waals surface area contributed by atoms with Crippen LogP contribution >= 0.6 is 0 Å². The van der Waals surface area contributed by atoms with Crippen LogP contribution in [0, 0.1) is 0 Å². The monoisotopic (exact) mass is 559 g/mol. The summed E-state index contributed by atoms with van der Waals surface area (Å²) in [5, 5.41) is 5.92. The molecule has 2 saturated heterocycles. The van der Waals surface area contributed by atoms with E-state index in [2.05, 4.69) is 20.5 Å². The number of aryl methyl sites for hydroxylation is 1. The zero-order valence-electron chi connectivity index (χ0n) is 23.5. The molecule has 0 saturated carbocycles. The van der Waals surface area contributed by atoms with E-state index >= 15 is 0 Å². The number of hydrogen-bond donors (Lipinski definition) is 3. The molecule has 0 unspecified atom stereocenters. The van der Waals surface area contributed by atoms with Gasteiger partial charge in [-0.1, -0.05) is 30.3 Å². The second kappa shape index (κ2) is 12.0. The number of para-hydroxylation sites is 1. The molecule has 11 nitrogen and oxygen atoms in total. The first-order valence-electron chi connectivity index (χ1n) is 13.8. The lowest BCUT2D eigenvalue weighted by atomic mass is 9.85. The van der Waals surface area contributed by atoms with Gasteiger partial charge in [0.15, 0.2) is 0 Å². The molecule has 41 heavy (non-hydrogen) atoms. The molecule has 3 heterocycles. The number of likely N-dealkylation sites (tertiary alicyclic amines) is 1. The molecule has 4 N–H and O–H groups in total. The number of hydrogen-bond acceptors (Lipinski definition) is 7. The third kappa shape index (κ3) is 5.90. The molecule has 2 aliphatic heterocycles. The number of rotatable bonds is 9. The quantitative estimate of drug-likeness (QED) is 0.356. The molecule has 2 aromatic carbocycles. The second-order valence-electron chi connectivity index (χ2n) is 10.7. The van der Waals surface area contributed by atoms with Crippen molar-refractivity contribution in [1.82, 2.24) is 25.1 Å². The first-order valence-corrected chi connectivity index (χ1v) is 13.8. The van der Waals surface area contributed by atoms with Crippen molar-refractivity contribution in [2.24, 2.45) is 12.8 Å². The Morgan fingerprint density at radius 2 is 1.80 bits per heavy atom. The lowest BCUT2D eigenvalue weighted by Crippen LogP contribution is -2.60. The number of aromatic nitrogens is 2. The van der Waals surface area contributed by atoms with Gasteiger partial charge in [-0.25, -0.2) is 4.98 Å². The normalized spacial score (nSPS) is 17.7. The first-order chi connectivity index (χ1) is 19.8. The fourth-order valence-corrected chi connectivity index (χ4v) is 5.73. The maximum absolute atomic E-state index is 13.9. The van der Waals surface area contributed by atoms with Crippen LogP contribution in [0.2, 0.25) is 0 Å². The fraction of sp³-hybridized carbons (Fsp3) is 0.400. The molecule has 3 aromatic rings. The smallest absolute Gasteiger partial charge is 0.247 e. The highest BCUT2D eigenvalue weighted by atomic mass is 16.5. The van der Waals surface area contributed by atoms with E-state index in [9.17, 15) is 14.4 Å². The molecule has 5 rings (SSSR count). The Morgan fingerprint density at radius 1 is 1.10 bits per heavy atom. The number of methoxy groups -OCH3 is 1. The Bertz CT molecular complexity index is 1370.